The van der Waals surface area contributed by atoms with Gasteiger partial charge in [-0.05, 0) is 32.1 Å². The van der Waals surface area contributed by atoms with Crippen LogP contribution < -0.4 is 5.32 Å². The number of carbonyl (C=O) groups is 2. The molecule has 0 saturated carbocycles. The monoisotopic (exact) mass is 890 g/mol. The first-order valence-corrected chi connectivity index (χ1v) is 28.5. The number of hydrogen-bond donors (Lipinski definition) is 3. The lowest BCUT2D eigenvalue weighted by atomic mass is 10.0. The van der Waals surface area contributed by atoms with Gasteiger partial charge in [-0.15, -0.1) is 0 Å². The van der Waals surface area contributed by atoms with E-state index in [0.29, 0.717) is 19.4 Å². The molecule has 0 aliphatic carbocycles. The van der Waals surface area contributed by atoms with Crippen molar-refractivity contribution in [3.05, 3.63) is 12.2 Å². The number of hydrogen-bond acceptors (Lipinski definition) is 5. The molecule has 374 valence electrons. The van der Waals surface area contributed by atoms with Gasteiger partial charge in [0.15, 0.2) is 0 Å². The molecule has 0 aromatic carbocycles. The van der Waals surface area contributed by atoms with Crippen molar-refractivity contribution in [3.8, 4) is 0 Å². The van der Waals surface area contributed by atoms with Crippen molar-refractivity contribution >= 4 is 11.9 Å². The number of unbranched alkanes of at least 4 members (excludes halogenated alkanes) is 42. The van der Waals surface area contributed by atoms with E-state index < -0.39 is 12.1 Å². The normalized spacial score (nSPS) is 12.6. The Bertz CT molecular complexity index is 939. The third-order valence-electron chi connectivity index (χ3n) is 13.3. The second-order valence-electron chi connectivity index (χ2n) is 19.6. The van der Waals surface area contributed by atoms with Crippen LogP contribution in [0.25, 0.3) is 0 Å². The highest BCUT2D eigenvalue weighted by molar-refractivity contribution is 5.76. The molecule has 0 aliphatic rings. The van der Waals surface area contributed by atoms with Crippen molar-refractivity contribution in [2.24, 2.45) is 0 Å². The molecule has 0 rings (SSSR count). The van der Waals surface area contributed by atoms with Crippen molar-refractivity contribution in [2.45, 2.75) is 328 Å². The second kappa shape index (κ2) is 53.2. The molecule has 0 saturated heterocycles. The van der Waals surface area contributed by atoms with E-state index in [2.05, 4.69) is 19.2 Å². The maximum atomic E-state index is 12.4. The summed E-state index contributed by atoms with van der Waals surface area (Å²) in [6, 6.07) is -0.624. The van der Waals surface area contributed by atoms with E-state index in [0.717, 1.165) is 38.5 Å². The van der Waals surface area contributed by atoms with Crippen LogP contribution in [0.4, 0.5) is 0 Å². The first-order valence-electron chi connectivity index (χ1n) is 28.5. The molecule has 0 heterocycles. The van der Waals surface area contributed by atoms with E-state index in [9.17, 15) is 19.8 Å². The van der Waals surface area contributed by atoms with Crippen LogP contribution in [0, 0.1) is 0 Å². The number of carbonyl (C=O) groups excluding carboxylic acids is 2. The van der Waals surface area contributed by atoms with E-state index in [1.54, 1.807) is 6.08 Å². The van der Waals surface area contributed by atoms with Gasteiger partial charge in [0.25, 0.3) is 0 Å². The number of rotatable bonds is 53. The first kappa shape index (κ1) is 61.6. The largest absolute Gasteiger partial charge is 0.466 e. The maximum Gasteiger partial charge on any atom is 0.305 e. The number of allylic oxidation sites excluding steroid dienone is 1. The maximum absolute atomic E-state index is 12.4. The summed E-state index contributed by atoms with van der Waals surface area (Å²) in [6.07, 6.45) is 62.4. The molecule has 6 nitrogen and oxygen atoms in total. The predicted octanol–water partition coefficient (Wildman–Crippen LogP) is 17.3. The second-order valence-corrected chi connectivity index (χ2v) is 19.6. The fraction of sp³-hybridized carbons (Fsp3) is 0.930. The van der Waals surface area contributed by atoms with Crippen molar-refractivity contribution in [2.75, 3.05) is 13.2 Å². The SMILES string of the molecule is CCCCCCCCCC/C=C/C(O)C(CO)NC(=O)CCCCCCCCCCCCCCCCCCCCCCCCCOC(=O)CCCCCCCCCCCCCCC. The average molecular weight is 891 g/mol. The summed E-state index contributed by atoms with van der Waals surface area (Å²) >= 11 is 0. The van der Waals surface area contributed by atoms with Crippen LogP contribution in [-0.4, -0.2) is 47.4 Å². The molecule has 1 amide bonds. The zero-order valence-corrected chi connectivity index (χ0v) is 42.6. The Hall–Kier alpha value is -1.40. The van der Waals surface area contributed by atoms with E-state index in [1.807, 2.05) is 6.08 Å². The van der Waals surface area contributed by atoms with Crippen molar-refractivity contribution in [3.63, 3.8) is 0 Å². The van der Waals surface area contributed by atoms with Gasteiger partial charge in [0, 0.05) is 12.8 Å². The first-order chi connectivity index (χ1) is 31.0. The summed E-state index contributed by atoms with van der Waals surface area (Å²) in [5.74, 6) is -0.0528. The summed E-state index contributed by atoms with van der Waals surface area (Å²) in [5, 5.41) is 23.0. The lowest BCUT2D eigenvalue weighted by Gasteiger charge is -2.20. The zero-order valence-electron chi connectivity index (χ0n) is 42.6. The van der Waals surface area contributed by atoms with E-state index >= 15 is 0 Å². The van der Waals surface area contributed by atoms with E-state index in [-0.39, 0.29) is 18.5 Å². The molecule has 6 heteroatoms. The molecular weight excluding hydrogens is 779 g/mol. The summed E-state index contributed by atoms with van der Waals surface area (Å²) in [5.41, 5.74) is 0. The highest BCUT2D eigenvalue weighted by Crippen LogP contribution is 2.17. The van der Waals surface area contributed by atoms with Crippen LogP contribution in [0.2, 0.25) is 0 Å². The Morgan fingerprint density at radius 2 is 0.730 bits per heavy atom. The fourth-order valence-corrected chi connectivity index (χ4v) is 8.93. The van der Waals surface area contributed by atoms with Gasteiger partial charge in [0.1, 0.15) is 0 Å². The number of aliphatic hydroxyl groups excluding tert-OH is 2. The highest BCUT2D eigenvalue weighted by Gasteiger charge is 2.18. The minimum Gasteiger partial charge on any atom is -0.466 e. The molecule has 0 fully saturated rings. The van der Waals surface area contributed by atoms with Gasteiger partial charge in [0.05, 0.1) is 25.4 Å². The van der Waals surface area contributed by atoms with Gasteiger partial charge in [-0.2, -0.15) is 0 Å². The Labute approximate surface area is 393 Å². The van der Waals surface area contributed by atoms with Crippen molar-refractivity contribution in [1.82, 2.24) is 5.32 Å². The number of esters is 1. The molecule has 2 atom stereocenters. The number of nitrogens with one attached hydrogen (secondary N) is 1. The van der Waals surface area contributed by atoms with Gasteiger partial charge >= 0.3 is 5.97 Å². The van der Waals surface area contributed by atoms with Crippen LogP contribution in [-0.2, 0) is 14.3 Å². The summed E-state index contributed by atoms with van der Waals surface area (Å²) < 4.78 is 5.48. The molecule has 0 spiro atoms. The number of aliphatic hydroxyl groups is 2. The van der Waals surface area contributed by atoms with Gasteiger partial charge in [-0.1, -0.05) is 283 Å². The van der Waals surface area contributed by atoms with Crippen LogP contribution in [0.1, 0.15) is 316 Å². The molecule has 0 aromatic heterocycles. The van der Waals surface area contributed by atoms with Gasteiger partial charge in [-0.25, -0.2) is 0 Å². The molecular formula is C57H111NO5. The molecule has 0 aliphatic heterocycles. The lowest BCUT2D eigenvalue weighted by molar-refractivity contribution is -0.143. The molecule has 63 heavy (non-hydrogen) atoms. The fourth-order valence-electron chi connectivity index (χ4n) is 8.93. The standard InChI is InChI=1S/C57H111NO5/c1-3-5-7-9-11-13-15-27-31-35-39-43-47-51-57(62)63-52-48-44-40-36-32-29-26-24-22-20-18-16-17-19-21-23-25-28-30-34-38-42-46-50-56(61)58-54(53-59)55(60)49-45-41-37-33-14-12-10-8-6-4-2/h45,49,54-55,59-60H,3-44,46-48,50-53H2,1-2H3,(H,58,61)/b49-45+. The lowest BCUT2D eigenvalue weighted by Crippen LogP contribution is -2.45. The minimum absolute atomic E-state index is 0.0155. The predicted molar refractivity (Wildman–Crippen MR) is 273 cm³/mol. The summed E-state index contributed by atoms with van der Waals surface area (Å²) in [6.45, 7) is 4.90. The quantitative estimate of drug-likeness (QED) is 0.0321. The molecule has 3 N–H and O–H groups in total. The van der Waals surface area contributed by atoms with Crippen LogP contribution in [0.3, 0.4) is 0 Å². The molecule has 2 unspecified atom stereocenters. The Morgan fingerprint density at radius 1 is 0.429 bits per heavy atom. The van der Waals surface area contributed by atoms with E-state index in [1.165, 1.54) is 250 Å². The third-order valence-corrected chi connectivity index (χ3v) is 13.3. The van der Waals surface area contributed by atoms with Gasteiger partial charge in [-0.3, -0.25) is 9.59 Å². The summed E-state index contributed by atoms with van der Waals surface area (Å²) in [7, 11) is 0. The van der Waals surface area contributed by atoms with E-state index in [4.69, 9.17) is 4.74 Å². The molecule has 0 radical (unpaired) electrons. The number of ether oxygens (including phenoxy) is 1. The van der Waals surface area contributed by atoms with Crippen LogP contribution in [0.15, 0.2) is 12.2 Å². The van der Waals surface area contributed by atoms with Crippen molar-refractivity contribution in [1.29, 1.82) is 0 Å². The van der Waals surface area contributed by atoms with Gasteiger partial charge in [0.2, 0.25) is 5.91 Å². The molecule has 0 aromatic rings. The Balaban J connectivity index is 3.35. The highest BCUT2D eigenvalue weighted by atomic mass is 16.5. The molecule has 0 bridgehead atoms. The summed E-state index contributed by atoms with van der Waals surface area (Å²) in [4.78, 5) is 24.4. The minimum atomic E-state index is -0.841. The van der Waals surface area contributed by atoms with Crippen molar-refractivity contribution < 1.29 is 24.5 Å². The third kappa shape index (κ3) is 49.9. The average Bonchev–Trinajstić information content (AvgIpc) is 3.28. The van der Waals surface area contributed by atoms with Crippen LogP contribution in [0.5, 0.6) is 0 Å². The van der Waals surface area contributed by atoms with Gasteiger partial charge < -0.3 is 20.3 Å². The van der Waals surface area contributed by atoms with Crippen LogP contribution >= 0.6 is 0 Å². The zero-order chi connectivity index (χ0) is 45.8. The Morgan fingerprint density at radius 3 is 1.08 bits per heavy atom. The Kier molecular flexibility index (Phi) is 52.0. The smallest absolute Gasteiger partial charge is 0.305 e. The number of amides is 1. The topological polar surface area (TPSA) is 95.9 Å².